The fourth-order valence-corrected chi connectivity index (χ4v) is 8.28. The maximum Gasteiger partial charge on any atom is 0.412 e. The van der Waals surface area contributed by atoms with Crippen LogP contribution in [-0.4, -0.2) is 48.1 Å². The number of aliphatic carboxylic acids is 1. The number of imidazole rings is 2. The summed E-state index contributed by atoms with van der Waals surface area (Å²) in [4.78, 5) is 44.2. The number of H-pyrrole nitrogens is 2. The molecule has 1 amide bonds. The number of hydrogen-bond acceptors (Lipinski definition) is 6. The van der Waals surface area contributed by atoms with Crippen molar-refractivity contribution in [3.8, 4) is 22.8 Å². The van der Waals surface area contributed by atoms with E-state index in [1.807, 2.05) is 114 Å². The Labute approximate surface area is 379 Å². The number of rotatable bonds is 10. The summed E-state index contributed by atoms with van der Waals surface area (Å²) in [5.41, 5.74) is 13.7. The van der Waals surface area contributed by atoms with E-state index in [0.717, 1.165) is 72.0 Å². The molecule has 9 rings (SSSR count). The van der Waals surface area contributed by atoms with Crippen molar-refractivity contribution in [3.05, 3.63) is 171 Å². The van der Waals surface area contributed by atoms with Gasteiger partial charge in [-0.25, -0.2) is 15.0 Å². The minimum absolute atomic E-state index is 0.0996. The first-order valence-corrected chi connectivity index (χ1v) is 21.5. The van der Waals surface area contributed by atoms with Crippen LogP contribution in [0, 0.1) is 41.5 Å². The summed E-state index contributed by atoms with van der Waals surface area (Å²) in [6.07, 6.45) is -3.87. The third-order valence-corrected chi connectivity index (χ3v) is 11.7. The zero-order valence-electron chi connectivity index (χ0n) is 37.3. The van der Waals surface area contributed by atoms with E-state index in [1.165, 1.54) is 12.1 Å². The van der Waals surface area contributed by atoms with Gasteiger partial charge >= 0.3 is 12.1 Å². The number of anilines is 2. The number of benzene rings is 6. The van der Waals surface area contributed by atoms with Gasteiger partial charge in [-0.15, -0.1) is 0 Å². The molecule has 3 aromatic heterocycles. The highest BCUT2D eigenvalue weighted by molar-refractivity contribution is 6.06. The first kappa shape index (κ1) is 44.8. The molecule has 0 aliphatic carbocycles. The zero-order valence-corrected chi connectivity index (χ0v) is 37.3. The molecule has 0 spiro atoms. The number of fused-ring (bicyclic) bond motifs is 3. The van der Waals surface area contributed by atoms with E-state index < -0.39 is 18.2 Å². The number of pyridine rings is 1. The number of carboxylic acid groups (broad SMARTS) is 1. The van der Waals surface area contributed by atoms with Crippen molar-refractivity contribution in [2.45, 2.75) is 66.6 Å². The average molecular weight is 888 g/mol. The number of alkyl halides is 3. The number of aromatic amines is 2. The smallest absolute Gasteiger partial charge is 0.412 e. The summed E-state index contributed by atoms with van der Waals surface area (Å²) < 4.78 is 41.9. The zero-order chi connectivity index (χ0) is 46.9. The molecule has 1 atom stereocenters. The summed E-state index contributed by atoms with van der Waals surface area (Å²) >= 11 is 0. The minimum atomic E-state index is -4.46. The van der Waals surface area contributed by atoms with Gasteiger partial charge in [0, 0.05) is 34.2 Å². The van der Waals surface area contributed by atoms with Crippen molar-refractivity contribution in [3.63, 3.8) is 0 Å². The molecule has 0 aliphatic rings. The molecule has 13 heteroatoms. The minimum Gasteiger partial charge on any atom is -0.481 e. The summed E-state index contributed by atoms with van der Waals surface area (Å²) in [5, 5.41) is 15.5. The lowest BCUT2D eigenvalue weighted by molar-refractivity contribution is -0.144. The third kappa shape index (κ3) is 9.80. The SMILES string of the molecule is Cc1cc(CCC(=O)O)cc(C)c1-c1nc2ccc(C(=O)Nc3ccc4ccccc4n3)cc2[nH]1.Cc1ccc(NC(c2ccc3nc(-c4c(C)cccc4C)[nH]c3c2)C(F)(F)F)cc1C. The summed E-state index contributed by atoms with van der Waals surface area (Å²) in [6, 6.07) is 34.9. The van der Waals surface area contributed by atoms with Gasteiger partial charge in [-0.2, -0.15) is 13.2 Å². The van der Waals surface area contributed by atoms with Crippen molar-refractivity contribution in [2.24, 2.45) is 0 Å². The number of nitrogens with zero attached hydrogens (tertiary/aromatic N) is 3. The average Bonchev–Trinajstić information content (AvgIpc) is 3.89. The number of nitrogens with one attached hydrogen (secondary N) is 4. The summed E-state index contributed by atoms with van der Waals surface area (Å²) in [7, 11) is 0. The Morgan fingerprint density at radius 3 is 1.91 bits per heavy atom. The number of aromatic nitrogens is 5. The molecule has 5 N–H and O–H groups in total. The van der Waals surface area contributed by atoms with Gasteiger partial charge in [0.05, 0.1) is 27.6 Å². The van der Waals surface area contributed by atoms with Gasteiger partial charge in [-0.3, -0.25) is 9.59 Å². The first-order chi connectivity index (χ1) is 31.5. The normalized spacial score (nSPS) is 12.0. The van der Waals surface area contributed by atoms with Crippen LogP contribution >= 0.6 is 0 Å². The van der Waals surface area contributed by atoms with Crippen molar-refractivity contribution in [2.75, 3.05) is 10.6 Å². The third-order valence-electron chi connectivity index (χ3n) is 11.7. The van der Waals surface area contributed by atoms with Crippen LogP contribution < -0.4 is 10.6 Å². The predicted molar refractivity (Wildman–Crippen MR) is 256 cm³/mol. The molecular formula is C53H48F3N7O3. The lowest BCUT2D eigenvalue weighted by atomic mass is 9.97. The quantitative estimate of drug-likeness (QED) is 0.0918. The van der Waals surface area contributed by atoms with Crippen LogP contribution in [-0.2, 0) is 11.2 Å². The molecule has 1 unspecified atom stereocenters. The van der Waals surface area contributed by atoms with Crippen LogP contribution in [0.1, 0.15) is 67.3 Å². The maximum absolute atomic E-state index is 14.0. The molecular weight excluding hydrogens is 840 g/mol. The highest BCUT2D eigenvalue weighted by atomic mass is 19.4. The monoisotopic (exact) mass is 887 g/mol. The van der Waals surface area contributed by atoms with E-state index in [9.17, 15) is 22.8 Å². The number of aryl methyl sites for hydroxylation is 7. The fraction of sp³-hybridized carbons (Fsp3) is 0.189. The Morgan fingerprint density at radius 1 is 0.621 bits per heavy atom. The fourth-order valence-electron chi connectivity index (χ4n) is 8.28. The molecule has 66 heavy (non-hydrogen) atoms. The number of carboxylic acids is 1. The lowest BCUT2D eigenvalue weighted by Gasteiger charge is -2.23. The van der Waals surface area contributed by atoms with E-state index in [-0.39, 0.29) is 17.9 Å². The molecule has 0 aliphatic heterocycles. The Morgan fingerprint density at radius 2 is 1.26 bits per heavy atom. The number of carbonyl (C=O) groups excluding carboxylic acids is 1. The Balaban J connectivity index is 0.000000181. The van der Waals surface area contributed by atoms with Crippen molar-refractivity contribution < 1.29 is 27.9 Å². The van der Waals surface area contributed by atoms with Gasteiger partial charge in [0.25, 0.3) is 5.91 Å². The standard InChI is InChI=1S/C28H24N4O3.C25H24F3N3/c1-16-13-18(7-12-25(33)34)14-17(2)26(16)27-30-22-10-8-20(15-23(22)31-27)28(35)32-24-11-9-19-5-3-4-6-21(19)29-24;1-14-8-10-19(12-17(14)4)29-23(25(26,27)28)18-9-11-20-21(13-18)31-24(30-20)22-15(2)6-5-7-16(22)3/h3-6,8-11,13-15H,7,12H2,1-2H3,(H,30,31)(H,33,34)(H,29,32,35);5-13,23,29H,1-4H3,(H,30,31). The van der Waals surface area contributed by atoms with Crippen LogP contribution in [0.5, 0.6) is 0 Å². The van der Waals surface area contributed by atoms with Gasteiger partial charge in [-0.1, -0.05) is 60.7 Å². The number of para-hydroxylation sites is 1. The molecule has 10 nitrogen and oxygen atoms in total. The van der Waals surface area contributed by atoms with Gasteiger partial charge in [-0.05, 0) is 153 Å². The summed E-state index contributed by atoms with van der Waals surface area (Å²) in [6.45, 7) is 11.8. The molecule has 0 saturated heterocycles. The molecule has 0 fully saturated rings. The Bertz CT molecular complexity index is 3260. The van der Waals surface area contributed by atoms with Crippen LogP contribution in [0.25, 0.3) is 55.7 Å². The summed E-state index contributed by atoms with van der Waals surface area (Å²) in [5.74, 6) is 0.814. The van der Waals surface area contributed by atoms with Crippen LogP contribution in [0.4, 0.5) is 24.7 Å². The van der Waals surface area contributed by atoms with Gasteiger partial charge < -0.3 is 25.7 Å². The molecule has 0 radical (unpaired) electrons. The Hall–Kier alpha value is -7.80. The highest BCUT2D eigenvalue weighted by Gasteiger charge is 2.41. The van der Waals surface area contributed by atoms with Crippen LogP contribution in [0.3, 0.4) is 0 Å². The van der Waals surface area contributed by atoms with Crippen LogP contribution in [0.15, 0.2) is 121 Å². The second-order valence-corrected chi connectivity index (χ2v) is 16.7. The van der Waals surface area contributed by atoms with Gasteiger partial charge in [0.2, 0.25) is 0 Å². The van der Waals surface area contributed by atoms with E-state index >= 15 is 0 Å². The predicted octanol–water partition coefficient (Wildman–Crippen LogP) is 12.8. The largest absolute Gasteiger partial charge is 0.481 e. The van der Waals surface area contributed by atoms with Gasteiger partial charge in [0.15, 0.2) is 0 Å². The molecule has 9 aromatic rings. The van der Waals surface area contributed by atoms with Crippen molar-refractivity contribution in [1.29, 1.82) is 0 Å². The highest BCUT2D eigenvalue weighted by Crippen LogP contribution is 2.38. The van der Waals surface area contributed by atoms with Crippen LogP contribution in [0.2, 0.25) is 0 Å². The second-order valence-electron chi connectivity index (χ2n) is 16.7. The second kappa shape index (κ2) is 18.4. The Kier molecular flexibility index (Phi) is 12.5. The molecule has 6 aromatic carbocycles. The van der Waals surface area contributed by atoms with Crippen molar-refractivity contribution in [1.82, 2.24) is 24.9 Å². The van der Waals surface area contributed by atoms with Gasteiger partial charge in [0.1, 0.15) is 23.5 Å². The van der Waals surface area contributed by atoms with E-state index in [0.29, 0.717) is 46.2 Å². The number of halogens is 3. The van der Waals surface area contributed by atoms with E-state index in [2.05, 4.69) is 30.6 Å². The number of hydrogen-bond donors (Lipinski definition) is 5. The molecule has 334 valence electrons. The van der Waals surface area contributed by atoms with Crippen molar-refractivity contribution >= 4 is 56.4 Å². The van der Waals surface area contributed by atoms with E-state index in [4.69, 9.17) is 10.1 Å². The molecule has 0 saturated carbocycles. The number of carbonyl (C=O) groups is 2. The number of amides is 1. The molecule has 3 heterocycles. The maximum atomic E-state index is 14.0. The van der Waals surface area contributed by atoms with E-state index in [1.54, 1.807) is 36.4 Å². The topological polar surface area (TPSA) is 149 Å². The lowest BCUT2D eigenvalue weighted by Crippen LogP contribution is -2.27. The first-order valence-electron chi connectivity index (χ1n) is 21.5. The molecule has 0 bridgehead atoms.